The van der Waals surface area contributed by atoms with Crippen molar-refractivity contribution in [1.82, 2.24) is 24.6 Å². The molecular weight excluding hydrogens is 334 g/mol. The van der Waals surface area contributed by atoms with Crippen molar-refractivity contribution in [3.05, 3.63) is 5.69 Å². The second kappa shape index (κ2) is 6.30. The van der Waals surface area contributed by atoms with Gasteiger partial charge in [-0.1, -0.05) is 0 Å². The minimum atomic E-state index is -0.503. The van der Waals surface area contributed by atoms with Crippen LogP contribution in [0, 0.1) is 6.92 Å². The maximum absolute atomic E-state index is 12.4. The summed E-state index contributed by atoms with van der Waals surface area (Å²) >= 11 is 0. The molecule has 1 fully saturated rings. The highest BCUT2D eigenvalue weighted by Gasteiger charge is 2.32. The van der Waals surface area contributed by atoms with E-state index in [-0.39, 0.29) is 18.1 Å². The lowest BCUT2D eigenvalue weighted by atomic mass is 10.2. The molecule has 142 valence electrons. The number of nitrogen functional groups attached to an aromatic ring is 1. The van der Waals surface area contributed by atoms with Crippen LogP contribution < -0.4 is 10.6 Å². The summed E-state index contributed by atoms with van der Waals surface area (Å²) < 4.78 is 7.27. The first kappa shape index (κ1) is 18.2. The maximum Gasteiger partial charge on any atom is 0.410 e. The Hall–Kier alpha value is -2.58. The average Bonchev–Trinajstić information content (AvgIpc) is 2.79. The number of ether oxygens (including phenoxy) is 1. The monoisotopic (exact) mass is 361 g/mol. The Kier molecular flexibility index (Phi) is 4.41. The SMILES string of the molecule is Cc1nn(C)c2c(N3CCN(C(=O)OC(C)(C)C)C[C@@H]3C)nc(N)nc12. The molecule has 1 aliphatic rings. The lowest BCUT2D eigenvalue weighted by Gasteiger charge is -2.40. The van der Waals surface area contributed by atoms with Gasteiger partial charge in [0.2, 0.25) is 5.95 Å². The first-order valence-corrected chi connectivity index (χ1v) is 8.78. The number of nitrogens with zero attached hydrogens (tertiary/aromatic N) is 6. The van der Waals surface area contributed by atoms with Gasteiger partial charge < -0.3 is 20.3 Å². The molecule has 26 heavy (non-hydrogen) atoms. The molecule has 0 bridgehead atoms. The zero-order valence-electron chi connectivity index (χ0n) is 16.3. The van der Waals surface area contributed by atoms with Crippen LogP contribution in [0.25, 0.3) is 11.0 Å². The molecule has 3 rings (SSSR count). The van der Waals surface area contributed by atoms with Crippen molar-refractivity contribution in [2.24, 2.45) is 7.05 Å². The molecule has 2 aromatic heterocycles. The molecular formula is C17H27N7O2. The van der Waals surface area contributed by atoms with Crippen LogP contribution in [0.1, 0.15) is 33.4 Å². The number of aryl methyl sites for hydroxylation is 2. The summed E-state index contributed by atoms with van der Waals surface area (Å²) in [6.45, 7) is 11.3. The Bertz CT molecular complexity index is 840. The minimum Gasteiger partial charge on any atom is -0.444 e. The summed E-state index contributed by atoms with van der Waals surface area (Å²) in [5.41, 5.74) is 7.86. The lowest BCUT2D eigenvalue weighted by molar-refractivity contribution is 0.0218. The van der Waals surface area contributed by atoms with Crippen LogP contribution in [-0.2, 0) is 11.8 Å². The average molecular weight is 361 g/mol. The van der Waals surface area contributed by atoms with Gasteiger partial charge in [0, 0.05) is 32.7 Å². The predicted molar refractivity (Wildman–Crippen MR) is 100 cm³/mol. The van der Waals surface area contributed by atoms with E-state index in [1.807, 2.05) is 34.7 Å². The Balaban J connectivity index is 1.87. The highest BCUT2D eigenvalue weighted by molar-refractivity contribution is 5.89. The molecule has 0 spiro atoms. The van der Waals surface area contributed by atoms with Crippen molar-refractivity contribution >= 4 is 28.9 Å². The number of amides is 1. The second-order valence-corrected chi connectivity index (χ2v) is 7.78. The van der Waals surface area contributed by atoms with Crippen LogP contribution in [0.2, 0.25) is 0 Å². The van der Waals surface area contributed by atoms with E-state index in [4.69, 9.17) is 10.5 Å². The molecule has 1 saturated heterocycles. The van der Waals surface area contributed by atoms with Crippen LogP contribution in [0.5, 0.6) is 0 Å². The predicted octanol–water partition coefficient (Wildman–Crippen LogP) is 1.70. The standard InChI is InChI=1S/C17H27N7O2/c1-10-9-23(16(25)26-17(3,4)5)7-8-24(10)14-13-12(19-15(18)20-14)11(2)21-22(13)6/h10H,7-9H2,1-6H3,(H2,18,19,20)/t10-/m0/s1. The molecule has 9 heteroatoms. The number of fused-ring (bicyclic) bond motifs is 1. The Morgan fingerprint density at radius 3 is 2.58 bits per heavy atom. The normalized spacial score (nSPS) is 18.5. The Morgan fingerprint density at radius 1 is 1.27 bits per heavy atom. The van der Waals surface area contributed by atoms with E-state index in [9.17, 15) is 4.79 Å². The first-order valence-electron chi connectivity index (χ1n) is 8.78. The van der Waals surface area contributed by atoms with Crippen LogP contribution in [0.15, 0.2) is 0 Å². The molecule has 0 aliphatic carbocycles. The molecule has 0 unspecified atom stereocenters. The molecule has 0 radical (unpaired) electrons. The van der Waals surface area contributed by atoms with E-state index in [2.05, 4.69) is 26.9 Å². The van der Waals surface area contributed by atoms with Gasteiger partial charge in [-0.25, -0.2) is 9.78 Å². The van der Waals surface area contributed by atoms with Gasteiger partial charge in [0.05, 0.1) is 5.69 Å². The van der Waals surface area contributed by atoms with Crippen molar-refractivity contribution < 1.29 is 9.53 Å². The number of carbonyl (C=O) groups excluding carboxylic acids is 1. The van der Waals surface area contributed by atoms with Crippen LogP contribution in [0.4, 0.5) is 16.6 Å². The van der Waals surface area contributed by atoms with Crippen molar-refractivity contribution in [1.29, 1.82) is 0 Å². The van der Waals surface area contributed by atoms with E-state index >= 15 is 0 Å². The fourth-order valence-electron chi connectivity index (χ4n) is 3.30. The van der Waals surface area contributed by atoms with E-state index in [0.29, 0.717) is 19.6 Å². The molecule has 3 heterocycles. The van der Waals surface area contributed by atoms with Crippen molar-refractivity contribution in [3.63, 3.8) is 0 Å². The molecule has 1 amide bonds. The number of hydrogen-bond acceptors (Lipinski definition) is 7. The van der Waals surface area contributed by atoms with Crippen molar-refractivity contribution in [2.45, 2.75) is 46.3 Å². The quantitative estimate of drug-likeness (QED) is 0.824. The zero-order chi connectivity index (χ0) is 19.2. The Morgan fingerprint density at radius 2 is 1.96 bits per heavy atom. The summed E-state index contributed by atoms with van der Waals surface area (Å²) in [5, 5.41) is 4.44. The van der Waals surface area contributed by atoms with Crippen molar-refractivity contribution in [2.75, 3.05) is 30.3 Å². The molecule has 1 atom stereocenters. The van der Waals surface area contributed by atoms with Gasteiger partial charge in [0.15, 0.2) is 5.82 Å². The highest BCUT2D eigenvalue weighted by atomic mass is 16.6. The fourth-order valence-corrected chi connectivity index (χ4v) is 3.30. The second-order valence-electron chi connectivity index (χ2n) is 7.78. The number of aromatic nitrogens is 4. The fraction of sp³-hybridized carbons (Fsp3) is 0.647. The van der Waals surface area contributed by atoms with Crippen LogP contribution >= 0.6 is 0 Å². The number of piperazine rings is 1. The summed E-state index contributed by atoms with van der Waals surface area (Å²) in [6.07, 6.45) is -0.285. The van der Waals surface area contributed by atoms with Gasteiger partial charge in [-0.05, 0) is 34.6 Å². The van der Waals surface area contributed by atoms with Gasteiger partial charge >= 0.3 is 6.09 Å². The zero-order valence-corrected chi connectivity index (χ0v) is 16.3. The smallest absolute Gasteiger partial charge is 0.410 e. The lowest BCUT2D eigenvalue weighted by Crippen LogP contribution is -2.55. The summed E-state index contributed by atoms with van der Waals surface area (Å²) in [6, 6.07) is 0.0592. The summed E-state index contributed by atoms with van der Waals surface area (Å²) in [4.78, 5) is 25.1. The molecule has 0 saturated carbocycles. The molecule has 1 aliphatic heterocycles. The van der Waals surface area contributed by atoms with Gasteiger partial charge in [-0.2, -0.15) is 10.1 Å². The van der Waals surface area contributed by atoms with E-state index in [0.717, 1.165) is 22.5 Å². The summed E-state index contributed by atoms with van der Waals surface area (Å²) in [5.74, 6) is 0.984. The van der Waals surface area contributed by atoms with Gasteiger partial charge in [0.1, 0.15) is 16.6 Å². The van der Waals surface area contributed by atoms with Crippen LogP contribution in [0.3, 0.4) is 0 Å². The largest absolute Gasteiger partial charge is 0.444 e. The number of carbonyl (C=O) groups is 1. The van der Waals surface area contributed by atoms with Crippen LogP contribution in [-0.4, -0.2) is 62.0 Å². The third-order valence-electron chi connectivity index (χ3n) is 4.40. The molecule has 2 N–H and O–H groups in total. The third kappa shape index (κ3) is 3.38. The topological polar surface area (TPSA) is 102 Å². The minimum absolute atomic E-state index is 0.0592. The van der Waals surface area contributed by atoms with E-state index < -0.39 is 5.60 Å². The first-order chi connectivity index (χ1) is 12.1. The number of hydrogen-bond donors (Lipinski definition) is 1. The van der Waals surface area contributed by atoms with E-state index in [1.54, 1.807) is 9.58 Å². The van der Waals surface area contributed by atoms with Gasteiger partial charge in [0.25, 0.3) is 0 Å². The van der Waals surface area contributed by atoms with Gasteiger partial charge in [-0.3, -0.25) is 4.68 Å². The van der Waals surface area contributed by atoms with Crippen molar-refractivity contribution in [3.8, 4) is 0 Å². The maximum atomic E-state index is 12.4. The Labute approximate surface area is 153 Å². The molecule has 0 aromatic carbocycles. The number of anilines is 2. The number of nitrogens with two attached hydrogens (primary N) is 1. The number of rotatable bonds is 1. The molecule has 2 aromatic rings. The highest BCUT2D eigenvalue weighted by Crippen LogP contribution is 2.29. The van der Waals surface area contributed by atoms with Gasteiger partial charge in [-0.15, -0.1) is 0 Å². The summed E-state index contributed by atoms with van der Waals surface area (Å²) in [7, 11) is 1.87. The van der Waals surface area contributed by atoms with E-state index in [1.165, 1.54) is 0 Å². The third-order valence-corrected chi connectivity index (χ3v) is 4.40. The molecule has 9 nitrogen and oxygen atoms in total.